The van der Waals surface area contributed by atoms with E-state index >= 15 is 0 Å². The predicted molar refractivity (Wildman–Crippen MR) is 61.7 cm³/mol. The van der Waals surface area contributed by atoms with Crippen molar-refractivity contribution in [2.45, 2.75) is 20.4 Å². The number of primary amides is 1. The van der Waals surface area contributed by atoms with Gasteiger partial charge in [-0.25, -0.2) is 9.97 Å². The van der Waals surface area contributed by atoms with E-state index in [-0.39, 0.29) is 6.54 Å². The standard InChI is InChI=1S/C10H17N5O/c1-3-15(6-9(12)16)10-13-7(2)4-8(5-11)14-10/h4H,3,5-6,11H2,1-2H3,(H2,12,16). The Labute approximate surface area is 94.7 Å². The Morgan fingerprint density at radius 3 is 2.69 bits per heavy atom. The van der Waals surface area contributed by atoms with E-state index in [1.54, 1.807) is 4.90 Å². The molecule has 4 N–H and O–H groups in total. The highest BCUT2D eigenvalue weighted by molar-refractivity contribution is 5.78. The van der Waals surface area contributed by atoms with Gasteiger partial charge in [0.2, 0.25) is 11.9 Å². The quantitative estimate of drug-likeness (QED) is 0.705. The van der Waals surface area contributed by atoms with Crippen LogP contribution in [0.4, 0.5) is 5.95 Å². The van der Waals surface area contributed by atoms with Gasteiger partial charge >= 0.3 is 0 Å². The summed E-state index contributed by atoms with van der Waals surface area (Å²) < 4.78 is 0. The van der Waals surface area contributed by atoms with E-state index in [0.29, 0.717) is 19.0 Å². The van der Waals surface area contributed by atoms with Gasteiger partial charge in [0.05, 0.1) is 12.2 Å². The minimum atomic E-state index is -0.402. The number of nitrogens with zero attached hydrogens (tertiary/aromatic N) is 3. The first kappa shape index (κ1) is 12.4. The maximum absolute atomic E-state index is 10.9. The van der Waals surface area contributed by atoms with Gasteiger partial charge in [-0.15, -0.1) is 0 Å². The van der Waals surface area contributed by atoms with Crippen LogP contribution in [-0.4, -0.2) is 29.0 Å². The smallest absolute Gasteiger partial charge is 0.237 e. The van der Waals surface area contributed by atoms with Gasteiger partial charge in [-0.05, 0) is 19.9 Å². The molecule has 0 saturated carbocycles. The van der Waals surface area contributed by atoms with Crippen LogP contribution in [0.15, 0.2) is 6.07 Å². The van der Waals surface area contributed by atoms with Gasteiger partial charge in [-0.1, -0.05) is 0 Å². The van der Waals surface area contributed by atoms with E-state index in [9.17, 15) is 4.79 Å². The van der Waals surface area contributed by atoms with E-state index in [4.69, 9.17) is 11.5 Å². The summed E-state index contributed by atoms with van der Waals surface area (Å²) in [6, 6.07) is 1.82. The molecular weight excluding hydrogens is 206 g/mol. The van der Waals surface area contributed by atoms with Crippen molar-refractivity contribution in [1.82, 2.24) is 9.97 Å². The number of anilines is 1. The molecule has 0 aliphatic heterocycles. The first-order valence-corrected chi connectivity index (χ1v) is 5.14. The number of likely N-dealkylation sites (N-methyl/N-ethyl adjacent to an activating group) is 1. The normalized spacial score (nSPS) is 10.2. The van der Waals surface area contributed by atoms with Crippen molar-refractivity contribution in [3.8, 4) is 0 Å². The zero-order valence-electron chi connectivity index (χ0n) is 9.60. The molecule has 0 aliphatic rings. The second-order valence-corrected chi connectivity index (χ2v) is 3.49. The SMILES string of the molecule is CCN(CC(N)=O)c1nc(C)cc(CN)n1. The lowest BCUT2D eigenvalue weighted by Gasteiger charge is -2.19. The number of hydrogen-bond acceptors (Lipinski definition) is 5. The molecule has 0 aliphatic carbocycles. The summed E-state index contributed by atoms with van der Waals surface area (Å²) in [5.74, 6) is 0.100. The molecule has 0 saturated heterocycles. The molecule has 6 nitrogen and oxygen atoms in total. The van der Waals surface area contributed by atoms with Crippen LogP contribution in [0.2, 0.25) is 0 Å². The molecule has 0 fully saturated rings. The largest absolute Gasteiger partial charge is 0.368 e. The number of aromatic nitrogens is 2. The fourth-order valence-corrected chi connectivity index (χ4v) is 1.37. The Morgan fingerprint density at radius 1 is 1.50 bits per heavy atom. The Hall–Kier alpha value is -1.69. The highest BCUT2D eigenvalue weighted by Crippen LogP contribution is 2.09. The Bertz CT molecular complexity index is 379. The summed E-state index contributed by atoms with van der Waals surface area (Å²) in [5.41, 5.74) is 12.3. The summed E-state index contributed by atoms with van der Waals surface area (Å²) in [7, 11) is 0. The van der Waals surface area contributed by atoms with Crippen LogP contribution in [0.3, 0.4) is 0 Å². The zero-order chi connectivity index (χ0) is 12.1. The van der Waals surface area contributed by atoms with Crippen LogP contribution >= 0.6 is 0 Å². The molecule has 1 aromatic rings. The maximum atomic E-state index is 10.9. The average molecular weight is 223 g/mol. The molecule has 88 valence electrons. The lowest BCUT2D eigenvalue weighted by molar-refractivity contribution is -0.116. The average Bonchev–Trinajstić information content (AvgIpc) is 2.24. The fourth-order valence-electron chi connectivity index (χ4n) is 1.37. The van der Waals surface area contributed by atoms with Crippen LogP contribution < -0.4 is 16.4 Å². The van der Waals surface area contributed by atoms with E-state index < -0.39 is 5.91 Å². The molecule has 16 heavy (non-hydrogen) atoms. The second-order valence-electron chi connectivity index (χ2n) is 3.49. The first-order valence-electron chi connectivity index (χ1n) is 5.14. The monoisotopic (exact) mass is 223 g/mol. The first-order chi connectivity index (χ1) is 7.56. The van der Waals surface area contributed by atoms with Crippen molar-refractivity contribution in [3.05, 3.63) is 17.5 Å². The maximum Gasteiger partial charge on any atom is 0.237 e. The molecular formula is C10H17N5O. The minimum Gasteiger partial charge on any atom is -0.368 e. The molecule has 0 aromatic carbocycles. The molecule has 0 unspecified atom stereocenters. The van der Waals surface area contributed by atoms with Gasteiger partial charge in [-0.2, -0.15) is 0 Å². The molecule has 1 rings (SSSR count). The highest BCUT2D eigenvalue weighted by atomic mass is 16.1. The Morgan fingerprint density at radius 2 is 2.19 bits per heavy atom. The second kappa shape index (κ2) is 5.41. The third kappa shape index (κ3) is 3.16. The number of carbonyl (C=O) groups is 1. The third-order valence-corrected chi connectivity index (χ3v) is 2.12. The minimum absolute atomic E-state index is 0.115. The molecule has 1 amide bonds. The molecule has 0 spiro atoms. The molecule has 6 heteroatoms. The van der Waals surface area contributed by atoms with Gasteiger partial charge in [0.15, 0.2) is 0 Å². The van der Waals surface area contributed by atoms with E-state index in [1.165, 1.54) is 0 Å². The van der Waals surface area contributed by atoms with Crippen molar-refractivity contribution in [2.75, 3.05) is 18.0 Å². The molecule has 0 bridgehead atoms. The number of aryl methyl sites for hydroxylation is 1. The van der Waals surface area contributed by atoms with Crippen LogP contribution in [-0.2, 0) is 11.3 Å². The lowest BCUT2D eigenvalue weighted by atomic mass is 10.3. The molecule has 1 heterocycles. The number of nitrogens with two attached hydrogens (primary N) is 2. The summed E-state index contributed by atoms with van der Waals surface area (Å²) in [6.07, 6.45) is 0. The molecule has 1 aromatic heterocycles. The summed E-state index contributed by atoms with van der Waals surface area (Å²) in [4.78, 5) is 21.1. The number of rotatable bonds is 5. The zero-order valence-corrected chi connectivity index (χ0v) is 9.60. The number of hydrogen-bond donors (Lipinski definition) is 2. The predicted octanol–water partition coefficient (Wildman–Crippen LogP) is -0.445. The Balaban J connectivity index is 2.99. The van der Waals surface area contributed by atoms with Crippen molar-refractivity contribution in [2.24, 2.45) is 11.5 Å². The summed E-state index contributed by atoms with van der Waals surface area (Å²) in [6.45, 7) is 4.87. The third-order valence-electron chi connectivity index (χ3n) is 2.12. The van der Waals surface area contributed by atoms with E-state index in [1.807, 2.05) is 19.9 Å². The van der Waals surface area contributed by atoms with Crippen LogP contribution in [0.25, 0.3) is 0 Å². The van der Waals surface area contributed by atoms with Crippen molar-refractivity contribution in [1.29, 1.82) is 0 Å². The fraction of sp³-hybridized carbons (Fsp3) is 0.500. The Kier molecular flexibility index (Phi) is 4.19. The molecule has 0 radical (unpaired) electrons. The van der Waals surface area contributed by atoms with Crippen molar-refractivity contribution >= 4 is 11.9 Å². The van der Waals surface area contributed by atoms with Crippen molar-refractivity contribution in [3.63, 3.8) is 0 Å². The number of amides is 1. The summed E-state index contributed by atoms with van der Waals surface area (Å²) >= 11 is 0. The van der Waals surface area contributed by atoms with E-state index in [0.717, 1.165) is 11.4 Å². The highest BCUT2D eigenvalue weighted by Gasteiger charge is 2.11. The van der Waals surface area contributed by atoms with Crippen molar-refractivity contribution < 1.29 is 4.79 Å². The summed E-state index contributed by atoms with van der Waals surface area (Å²) in [5, 5.41) is 0. The molecule has 0 atom stereocenters. The van der Waals surface area contributed by atoms with Crippen LogP contribution in [0.1, 0.15) is 18.3 Å². The van der Waals surface area contributed by atoms with Gasteiger partial charge in [-0.3, -0.25) is 4.79 Å². The number of carbonyl (C=O) groups excluding carboxylic acids is 1. The van der Waals surface area contributed by atoms with Gasteiger partial charge < -0.3 is 16.4 Å². The topological polar surface area (TPSA) is 98.1 Å². The lowest BCUT2D eigenvalue weighted by Crippen LogP contribution is -2.35. The van der Waals surface area contributed by atoms with Gasteiger partial charge in [0.25, 0.3) is 0 Å². The van der Waals surface area contributed by atoms with Crippen LogP contribution in [0, 0.1) is 6.92 Å². The van der Waals surface area contributed by atoms with E-state index in [2.05, 4.69) is 9.97 Å². The van der Waals surface area contributed by atoms with Gasteiger partial charge in [0.1, 0.15) is 0 Å². The van der Waals surface area contributed by atoms with Gasteiger partial charge in [0, 0.05) is 18.8 Å². The van der Waals surface area contributed by atoms with Crippen LogP contribution in [0.5, 0.6) is 0 Å².